The van der Waals surface area contributed by atoms with E-state index in [1.807, 2.05) is 0 Å². The van der Waals surface area contributed by atoms with E-state index in [0.29, 0.717) is 13.1 Å². The molecule has 0 atom stereocenters. The maximum absolute atomic E-state index is 12.7. The fourth-order valence-electron chi connectivity index (χ4n) is 1.16. The molecule has 0 spiro atoms. The Hall–Kier alpha value is 0.620. The van der Waals surface area contributed by atoms with Crippen molar-refractivity contribution >= 4 is 22.6 Å². The Morgan fingerprint density at radius 1 is 1.67 bits per heavy atom. The number of nitrogens with zero attached hydrogens (tertiary/aromatic N) is 1. The summed E-state index contributed by atoms with van der Waals surface area (Å²) < 4.78 is 13.8. The smallest absolute Gasteiger partial charge is 0.133 e. The number of rotatable bonds is 2. The minimum Gasteiger partial charge on any atom is -0.296 e. The molecule has 0 amide bonds. The molecule has 0 bridgehead atoms. The van der Waals surface area contributed by atoms with Crippen molar-refractivity contribution in [3.63, 3.8) is 0 Å². The van der Waals surface area contributed by atoms with Gasteiger partial charge in [0, 0.05) is 24.1 Å². The minimum atomic E-state index is -0.883. The standard InChI is InChI=1S/C6H11FIN/c1-6(7)4-9(5-6)3-2-8/h2-5H2,1H3. The third-order valence-corrected chi connectivity index (χ3v) is 1.99. The molecular formula is C6H11FIN. The van der Waals surface area contributed by atoms with Crippen molar-refractivity contribution in [1.29, 1.82) is 0 Å². The van der Waals surface area contributed by atoms with Gasteiger partial charge >= 0.3 is 0 Å². The minimum absolute atomic E-state index is 0.635. The molecule has 1 saturated heterocycles. The Kier molecular flexibility index (Phi) is 2.32. The number of alkyl halides is 2. The van der Waals surface area contributed by atoms with Crippen LogP contribution in [0.15, 0.2) is 0 Å². The lowest BCUT2D eigenvalue weighted by Gasteiger charge is -2.41. The first kappa shape index (κ1) is 7.72. The Morgan fingerprint density at radius 3 is 2.56 bits per heavy atom. The first-order chi connectivity index (χ1) is 4.14. The largest absolute Gasteiger partial charge is 0.296 e. The van der Waals surface area contributed by atoms with Crippen molar-refractivity contribution in [3.8, 4) is 0 Å². The summed E-state index contributed by atoms with van der Waals surface area (Å²) >= 11 is 2.31. The normalized spacial score (nSPS) is 25.7. The number of hydrogen-bond acceptors (Lipinski definition) is 1. The average Bonchev–Trinajstić information content (AvgIpc) is 1.62. The van der Waals surface area contributed by atoms with Crippen LogP contribution >= 0.6 is 22.6 Å². The zero-order valence-electron chi connectivity index (χ0n) is 5.53. The summed E-state index contributed by atoms with van der Waals surface area (Å²) in [4.78, 5) is 2.13. The van der Waals surface area contributed by atoms with Crippen LogP contribution < -0.4 is 0 Å². The van der Waals surface area contributed by atoms with E-state index in [1.54, 1.807) is 6.92 Å². The van der Waals surface area contributed by atoms with E-state index < -0.39 is 5.67 Å². The predicted octanol–water partition coefficient (Wildman–Crippen LogP) is 1.47. The van der Waals surface area contributed by atoms with Gasteiger partial charge in [-0.15, -0.1) is 0 Å². The second-order valence-electron chi connectivity index (χ2n) is 2.81. The zero-order valence-corrected chi connectivity index (χ0v) is 7.69. The molecule has 0 radical (unpaired) electrons. The van der Waals surface area contributed by atoms with E-state index >= 15 is 0 Å². The summed E-state index contributed by atoms with van der Waals surface area (Å²) in [6, 6.07) is 0. The highest BCUT2D eigenvalue weighted by Crippen LogP contribution is 2.23. The molecule has 1 nitrogen and oxygen atoms in total. The first-order valence-electron chi connectivity index (χ1n) is 3.11. The van der Waals surface area contributed by atoms with Gasteiger partial charge in [-0.2, -0.15) is 0 Å². The Bertz CT molecular complexity index is 97.2. The van der Waals surface area contributed by atoms with Gasteiger partial charge in [-0.3, -0.25) is 4.90 Å². The van der Waals surface area contributed by atoms with Crippen molar-refractivity contribution in [3.05, 3.63) is 0 Å². The molecule has 1 fully saturated rings. The van der Waals surface area contributed by atoms with Crippen molar-refractivity contribution in [1.82, 2.24) is 4.90 Å². The van der Waals surface area contributed by atoms with Gasteiger partial charge in [-0.1, -0.05) is 22.6 Å². The number of halogens is 2. The molecule has 9 heavy (non-hydrogen) atoms. The lowest BCUT2D eigenvalue weighted by Crippen LogP contribution is -2.57. The highest BCUT2D eigenvalue weighted by molar-refractivity contribution is 14.1. The first-order valence-corrected chi connectivity index (χ1v) is 4.64. The Labute approximate surface area is 68.7 Å². The lowest BCUT2D eigenvalue weighted by atomic mass is 10.00. The topological polar surface area (TPSA) is 3.24 Å². The van der Waals surface area contributed by atoms with Gasteiger partial charge in [0.15, 0.2) is 0 Å². The van der Waals surface area contributed by atoms with Gasteiger partial charge in [0.05, 0.1) is 0 Å². The third kappa shape index (κ3) is 2.04. The molecule has 54 valence electrons. The van der Waals surface area contributed by atoms with Gasteiger partial charge in [0.2, 0.25) is 0 Å². The summed E-state index contributed by atoms with van der Waals surface area (Å²) in [7, 11) is 0. The van der Waals surface area contributed by atoms with E-state index in [2.05, 4.69) is 27.5 Å². The van der Waals surface area contributed by atoms with Crippen molar-refractivity contribution in [2.45, 2.75) is 12.6 Å². The fraction of sp³-hybridized carbons (Fsp3) is 1.00. The van der Waals surface area contributed by atoms with E-state index in [1.165, 1.54) is 0 Å². The summed E-state index contributed by atoms with van der Waals surface area (Å²) in [5.41, 5.74) is -0.883. The van der Waals surface area contributed by atoms with Crippen molar-refractivity contribution in [2.75, 3.05) is 24.1 Å². The van der Waals surface area contributed by atoms with Gasteiger partial charge in [-0.25, -0.2) is 4.39 Å². The van der Waals surface area contributed by atoms with Gasteiger partial charge in [0.1, 0.15) is 5.67 Å². The quantitative estimate of drug-likeness (QED) is 0.524. The van der Waals surface area contributed by atoms with Gasteiger partial charge < -0.3 is 0 Å². The molecule has 0 aromatic rings. The van der Waals surface area contributed by atoms with Gasteiger partial charge in [-0.05, 0) is 6.92 Å². The molecule has 1 aliphatic rings. The maximum atomic E-state index is 12.7. The van der Waals surface area contributed by atoms with Gasteiger partial charge in [0.25, 0.3) is 0 Å². The fourth-order valence-corrected chi connectivity index (χ4v) is 1.85. The van der Waals surface area contributed by atoms with Crippen LogP contribution in [0.2, 0.25) is 0 Å². The van der Waals surface area contributed by atoms with Crippen LogP contribution in [0.5, 0.6) is 0 Å². The summed E-state index contributed by atoms with van der Waals surface area (Å²) in [6.45, 7) is 3.97. The molecule has 0 aromatic heterocycles. The molecule has 1 rings (SSSR count). The lowest BCUT2D eigenvalue weighted by molar-refractivity contribution is -0.0124. The molecule has 0 aromatic carbocycles. The van der Waals surface area contributed by atoms with Crippen LogP contribution in [0.4, 0.5) is 4.39 Å². The van der Waals surface area contributed by atoms with Crippen LogP contribution in [0, 0.1) is 0 Å². The van der Waals surface area contributed by atoms with Crippen LogP contribution in [0.25, 0.3) is 0 Å². The highest BCUT2D eigenvalue weighted by Gasteiger charge is 2.37. The van der Waals surface area contributed by atoms with E-state index in [4.69, 9.17) is 0 Å². The second-order valence-corrected chi connectivity index (χ2v) is 3.89. The van der Waals surface area contributed by atoms with Crippen LogP contribution in [-0.4, -0.2) is 34.6 Å². The zero-order chi connectivity index (χ0) is 6.91. The van der Waals surface area contributed by atoms with Crippen molar-refractivity contribution in [2.24, 2.45) is 0 Å². The molecule has 0 unspecified atom stereocenters. The summed E-state index contributed by atoms with van der Waals surface area (Å²) in [5.74, 6) is 0. The molecule has 1 aliphatic heterocycles. The summed E-state index contributed by atoms with van der Waals surface area (Å²) in [5, 5.41) is 0. The number of hydrogen-bond donors (Lipinski definition) is 0. The average molecular weight is 243 g/mol. The third-order valence-electron chi connectivity index (χ3n) is 1.51. The van der Waals surface area contributed by atoms with Crippen LogP contribution in [0.3, 0.4) is 0 Å². The summed E-state index contributed by atoms with van der Waals surface area (Å²) in [6.07, 6.45) is 0. The molecule has 1 heterocycles. The molecular weight excluding hydrogens is 232 g/mol. The monoisotopic (exact) mass is 243 g/mol. The maximum Gasteiger partial charge on any atom is 0.133 e. The molecule has 0 N–H and O–H groups in total. The second kappa shape index (κ2) is 2.70. The van der Waals surface area contributed by atoms with Crippen LogP contribution in [0.1, 0.15) is 6.92 Å². The highest BCUT2D eigenvalue weighted by atomic mass is 127. The predicted molar refractivity (Wildman–Crippen MR) is 44.8 cm³/mol. The Balaban J connectivity index is 2.12. The van der Waals surface area contributed by atoms with E-state index in [9.17, 15) is 4.39 Å². The van der Waals surface area contributed by atoms with E-state index in [-0.39, 0.29) is 0 Å². The molecule has 0 saturated carbocycles. The van der Waals surface area contributed by atoms with Crippen molar-refractivity contribution < 1.29 is 4.39 Å². The molecule has 3 heteroatoms. The van der Waals surface area contributed by atoms with E-state index in [0.717, 1.165) is 11.0 Å². The SMILES string of the molecule is CC1(F)CN(CCI)C1. The number of likely N-dealkylation sites (tertiary alicyclic amines) is 1. The van der Waals surface area contributed by atoms with Crippen LogP contribution in [-0.2, 0) is 0 Å². The molecule has 0 aliphatic carbocycles. The Morgan fingerprint density at radius 2 is 2.22 bits per heavy atom.